The Morgan fingerprint density at radius 3 is 1.70 bits per heavy atom. The van der Waals surface area contributed by atoms with Crippen LogP contribution in [0.5, 0.6) is 0 Å². The number of benzene rings is 3. The summed E-state index contributed by atoms with van der Waals surface area (Å²) in [6.07, 6.45) is 1.02. The van der Waals surface area contributed by atoms with Gasteiger partial charge in [-0.25, -0.2) is 0 Å². The van der Waals surface area contributed by atoms with E-state index in [4.69, 9.17) is 3.32 Å². The molecule has 2 aliphatic rings. The van der Waals surface area contributed by atoms with Crippen LogP contribution < -0.4 is 24.8 Å². The standard InChI is InChI=1S/C35H42OSi.2ClH.Ti/c1-9-37(10-2)30-19-22-13-11-12-14-25(22)32(33(30)36)31-28-20-23(34(3,4)5)15-17-26(28)27-18-16-24(21-29(27)31)35(6,7)8;;;/h11-18,20-21,31,36H,9-10,19H2,1-8H3;2*1H;/q;;;+3/p-3. The Balaban J connectivity index is 0.00000220. The fourth-order valence-electron chi connectivity index (χ4n) is 6.36. The van der Waals surface area contributed by atoms with Gasteiger partial charge >= 0.3 is 245 Å². The summed E-state index contributed by atoms with van der Waals surface area (Å²) >= 11 is 1.90. The first kappa shape index (κ1) is 33.1. The van der Waals surface area contributed by atoms with Crippen molar-refractivity contribution >= 4 is 19.2 Å². The average Bonchev–Trinajstić information content (AvgIpc) is 3.20. The van der Waals surface area contributed by atoms with Crippen LogP contribution in [0.4, 0.5) is 0 Å². The van der Waals surface area contributed by atoms with Crippen LogP contribution in [0.15, 0.2) is 66.4 Å². The van der Waals surface area contributed by atoms with Crippen molar-refractivity contribution in [1.29, 1.82) is 0 Å². The Kier molecular flexibility index (Phi) is 10.3. The number of allylic oxidation sites excluding steroid dienone is 2. The van der Waals surface area contributed by atoms with E-state index in [-0.39, 0.29) is 41.6 Å². The van der Waals surface area contributed by atoms with Crippen molar-refractivity contribution < 1.29 is 49.0 Å². The van der Waals surface area contributed by atoms with E-state index in [0.717, 1.165) is 6.42 Å². The van der Waals surface area contributed by atoms with Gasteiger partial charge < -0.3 is 24.8 Å². The van der Waals surface area contributed by atoms with Crippen molar-refractivity contribution in [2.75, 3.05) is 0 Å². The van der Waals surface area contributed by atoms with E-state index >= 15 is 0 Å². The van der Waals surface area contributed by atoms with E-state index in [9.17, 15) is 0 Å². The van der Waals surface area contributed by atoms with Gasteiger partial charge in [0.1, 0.15) is 0 Å². The van der Waals surface area contributed by atoms with Gasteiger partial charge in [-0.05, 0) is 0 Å². The van der Waals surface area contributed by atoms with Crippen LogP contribution in [0.25, 0.3) is 16.7 Å². The van der Waals surface area contributed by atoms with Crippen LogP contribution in [-0.2, 0) is 41.4 Å². The zero-order chi connectivity index (χ0) is 27.4. The van der Waals surface area contributed by atoms with Gasteiger partial charge in [0.25, 0.3) is 0 Å². The Bertz CT molecular complexity index is 1400. The van der Waals surface area contributed by atoms with E-state index in [2.05, 4.69) is 116 Å². The Hall–Kier alpha value is -1.42. The van der Waals surface area contributed by atoms with E-state index in [1.54, 1.807) is 5.17 Å². The molecule has 0 amide bonds. The van der Waals surface area contributed by atoms with E-state index in [1.165, 1.54) is 67.9 Å². The predicted octanol–water partition coefficient (Wildman–Crippen LogP) is 3.14. The summed E-state index contributed by atoms with van der Waals surface area (Å²) in [6, 6.07) is 26.0. The third-order valence-corrected chi connectivity index (χ3v) is 11.9. The van der Waals surface area contributed by atoms with Crippen molar-refractivity contribution in [1.82, 2.24) is 0 Å². The van der Waals surface area contributed by atoms with Crippen LogP contribution in [0, 0.1) is 0 Å². The molecule has 40 heavy (non-hydrogen) atoms. The minimum absolute atomic E-state index is 0. The minimum Gasteiger partial charge on any atom is -1.00 e. The van der Waals surface area contributed by atoms with Gasteiger partial charge in [0.2, 0.25) is 0 Å². The summed E-state index contributed by atoms with van der Waals surface area (Å²) in [5, 5.41) is 1.57. The minimum atomic E-state index is -0.669. The monoisotopic (exact) mass is 623 g/mol. The molecule has 0 atom stereocenters. The van der Waals surface area contributed by atoms with Gasteiger partial charge in [-0.2, -0.15) is 0 Å². The molecule has 0 fully saturated rings. The maximum atomic E-state index is 6.46. The summed E-state index contributed by atoms with van der Waals surface area (Å²) in [7, 11) is -0.669. The summed E-state index contributed by atoms with van der Waals surface area (Å²) in [4.78, 5) is 0. The molecule has 0 saturated carbocycles. The second-order valence-electron chi connectivity index (χ2n) is 13.0. The molecule has 5 rings (SSSR count). The summed E-state index contributed by atoms with van der Waals surface area (Å²) in [5.74, 6) is 1.33. The molecule has 0 bridgehead atoms. The smallest absolute Gasteiger partial charge is 1.00 e. The fourth-order valence-corrected chi connectivity index (χ4v) is 9.19. The first-order chi connectivity index (χ1) is 18.0. The largest absolute Gasteiger partial charge is 1.00 e. The van der Waals surface area contributed by atoms with Crippen molar-refractivity contribution in [3.8, 4) is 11.1 Å². The molecule has 0 saturated heterocycles. The number of hydrogen-bond acceptors (Lipinski definition) is 1. The molecule has 2 aliphatic carbocycles. The second kappa shape index (κ2) is 12.4. The van der Waals surface area contributed by atoms with E-state index in [1.807, 2.05) is 20.8 Å². The van der Waals surface area contributed by atoms with Gasteiger partial charge in [-0.3, -0.25) is 0 Å². The first-order valence-electron chi connectivity index (χ1n) is 14.2. The first-order valence-corrected chi connectivity index (χ1v) is 16.7. The average molecular weight is 625 g/mol. The molecule has 1 nitrogen and oxygen atoms in total. The molecule has 0 unspecified atom stereocenters. The fraction of sp³-hybridized carbons (Fsp3) is 0.400. The molecule has 209 valence electrons. The molecular formula is C35H41Cl2OSiTi. The van der Waals surface area contributed by atoms with Crippen molar-refractivity contribution in [2.45, 2.75) is 90.6 Å². The van der Waals surface area contributed by atoms with Crippen molar-refractivity contribution in [3.63, 3.8) is 0 Å². The maximum absolute atomic E-state index is 6.46. The van der Waals surface area contributed by atoms with Crippen LogP contribution in [0.1, 0.15) is 94.7 Å². The number of hydrogen-bond donors (Lipinski definition) is 0. The van der Waals surface area contributed by atoms with Crippen LogP contribution >= 0.6 is 0 Å². The summed E-state index contributed by atoms with van der Waals surface area (Å²) < 4.78 is 6.46. The van der Waals surface area contributed by atoms with Gasteiger partial charge in [0, 0.05) is 0 Å². The number of rotatable bonds is 4. The molecule has 3 aromatic rings. The Labute approximate surface area is 268 Å². The quantitative estimate of drug-likeness (QED) is 0.406. The molecule has 0 aromatic heterocycles. The molecule has 0 spiro atoms. The molecule has 5 heteroatoms. The molecule has 0 radical (unpaired) electrons. The number of halogens is 2. The van der Waals surface area contributed by atoms with E-state index < -0.39 is 8.41 Å². The van der Waals surface area contributed by atoms with Gasteiger partial charge in [0.05, 0.1) is 0 Å². The van der Waals surface area contributed by atoms with Crippen LogP contribution in [0.2, 0.25) is 12.1 Å². The topological polar surface area (TPSA) is 9.23 Å². The third-order valence-electron chi connectivity index (χ3n) is 8.61. The van der Waals surface area contributed by atoms with Crippen molar-refractivity contribution in [2.24, 2.45) is 0 Å². The molecule has 0 aliphatic heterocycles. The van der Waals surface area contributed by atoms with Gasteiger partial charge in [-0.15, -0.1) is 0 Å². The zero-order valence-corrected chi connectivity index (χ0v) is 29.2. The van der Waals surface area contributed by atoms with Gasteiger partial charge in [-0.1, -0.05) is 0 Å². The van der Waals surface area contributed by atoms with Gasteiger partial charge in [0.15, 0.2) is 0 Å². The number of fused-ring (bicyclic) bond motifs is 4. The second-order valence-corrected chi connectivity index (χ2v) is 16.5. The maximum Gasteiger partial charge on any atom is -1.00 e. The Morgan fingerprint density at radius 1 is 0.750 bits per heavy atom. The van der Waals surface area contributed by atoms with Crippen molar-refractivity contribution in [3.05, 3.63) is 99.8 Å². The molecule has 3 aromatic carbocycles. The van der Waals surface area contributed by atoms with Crippen LogP contribution in [0.3, 0.4) is 0 Å². The SMILES string of the molecule is CC[Si](CC)=C1Cc2ccccc2C(C2c3cc(C(C)(C)C)ccc3-c3ccc(C(C)(C)C)cc32)=C1[O][Ti+2].[Cl-].[Cl-]. The summed E-state index contributed by atoms with van der Waals surface area (Å²) in [5.41, 5.74) is 12.8. The molecule has 0 heterocycles. The van der Waals surface area contributed by atoms with E-state index in [0.29, 0.717) is 0 Å². The molecule has 0 N–H and O–H groups in total. The van der Waals surface area contributed by atoms with Crippen LogP contribution in [-0.4, -0.2) is 13.6 Å². The predicted molar refractivity (Wildman–Crippen MR) is 161 cm³/mol. The zero-order valence-electron chi connectivity index (χ0n) is 25.1. The normalized spacial score (nSPS) is 14.6. The Morgan fingerprint density at radius 2 is 1.25 bits per heavy atom. The summed E-state index contributed by atoms with van der Waals surface area (Å²) in [6.45, 7) is 18.7. The molecular weight excluding hydrogens is 583 g/mol. The third kappa shape index (κ3) is 5.77.